The van der Waals surface area contributed by atoms with Gasteiger partial charge in [0.1, 0.15) is 0 Å². The van der Waals surface area contributed by atoms with E-state index in [4.69, 9.17) is 0 Å². The molecule has 6 heteroatoms. The van der Waals surface area contributed by atoms with E-state index in [0.29, 0.717) is 12.1 Å². The Morgan fingerprint density at radius 1 is 1.20 bits per heavy atom. The zero-order valence-corrected chi connectivity index (χ0v) is 12.2. The molecule has 1 aliphatic rings. The highest BCUT2D eigenvalue weighted by Crippen LogP contribution is 2.28. The number of piperidine rings is 1. The molecule has 110 valence electrons. The highest BCUT2D eigenvalue weighted by molar-refractivity contribution is 5.63. The summed E-state index contributed by atoms with van der Waals surface area (Å²) < 4.78 is 0. The van der Waals surface area contributed by atoms with Crippen molar-refractivity contribution in [1.29, 1.82) is 0 Å². The average molecular weight is 278 g/mol. The fourth-order valence-corrected chi connectivity index (χ4v) is 2.72. The van der Waals surface area contributed by atoms with Crippen molar-refractivity contribution >= 4 is 17.1 Å². The lowest BCUT2D eigenvalue weighted by Crippen LogP contribution is -2.47. The van der Waals surface area contributed by atoms with E-state index in [2.05, 4.69) is 29.6 Å². The fraction of sp³-hybridized carbons (Fsp3) is 0.571. The summed E-state index contributed by atoms with van der Waals surface area (Å²) in [6.45, 7) is 4.36. The molecule has 0 saturated carbocycles. The summed E-state index contributed by atoms with van der Waals surface area (Å²) in [5, 5.41) is 16.1. The number of nitrogens with one attached hydrogen (secondary N) is 2. The van der Waals surface area contributed by atoms with Gasteiger partial charge in [0.05, 0.1) is 10.6 Å². The molecule has 1 heterocycles. The van der Waals surface area contributed by atoms with Crippen molar-refractivity contribution < 1.29 is 4.92 Å². The van der Waals surface area contributed by atoms with Crippen LogP contribution in [-0.2, 0) is 0 Å². The van der Waals surface area contributed by atoms with Crippen LogP contribution in [0.15, 0.2) is 18.2 Å². The number of hydrazine groups is 1. The van der Waals surface area contributed by atoms with Crippen molar-refractivity contribution in [2.45, 2.75) is 45.2 Å². The van der Waals surface area contributed by atoms with Gasteiger partial charge in [0.2, 0.25) is 0 Å². The largest absolute Gasteiger partial charge is 0.388 e. The molecule has 6 nitrogen and oxygen atoms in total. The van der Waals surface area contributed by atoms with Crippen molar-refractivity contribution in [2.24, 2.45) is 0 Å². The Kier molecular flexibility index (Phi) is 4.44. The number of rotatable bonds is 4. The minimum absolute atomic E-state index is 0.0941. The van der Waals surface area contributed by atoms with E-state index in [1.165, 1.54) is 12.5 Å². The van der Waals surface area contributed by atoms with Crippen LogP contribution in [-0.4, -0.2) is 29.1 Å². The summed E-state index contributed by atoms with van der Waals surface area (Å²) in [4.78, 5) is 10.6. The first-order chi connectivity index (χ1) is 9.51. The van der Waals surface area contributed by atoms with Gasteiger partial charge in [0.25, 0.3) is 5.69 Å². The lowest BCUT2D eigenvalue weighted by molar-refractivity contribution is -0.384. The van der Waals surface area contributed by atoms with Crippen molar-refractivity contribution in [3.8, 4) is 0 Å². The van der Waals surface area contributed by atoms with Crippen molar-refractivity contribution in [3.05, 3.63) is 28.3 Å². The smallest absolute Gasteiger partial charge is 0.273 e. The molecule has 0 aliphatic carbocycles. The topological polar surface area (TPSA) is 70.4 Å². The van der Waals surface area contributed by atoms with Crippen LogP contribution in [0, 0.1) is 10.1 Å². The molecule has 2 rings (SSSR count). The van der Waals surface area contributed by atoms with E-state index in [0.717, 1.165) is 24.2 Å². The molecule has 2 unspecified atom stereocenters. The van der Waals surface area contributed by atoms with E-state index >= 15 is 0 Å². The number of nitro benzene ring substituents is 1. The second-order valence-corrected chi connectivity index (χ2v) is 5.42. The van der Waals surface area contributed by atoms with Gasteiger partial charge >= 0.3 is 0 Å². The maximum atomic E-state index is 11.0. The Bertz CT molecular complexity index is 482. The Morgan fingerprint density at radius 2 is 1.80 bits per heavy atom. The number of nitrogens with zero attached hydrogens (tertiary/aromatic N) is 2. The first-order valence-corrected chi connectivity index (χ1v) is 7.03. The average Bonchev–Trinajstić information content (AvgIpc) is 2.42. The van der Waals surface area contributed by atoms with Crippen LogP contribution in [0.25, 0.3) is 0 Å². The molecule has 1 fully saturated rings. The molecule has 2 atom stereocenters. The maximum absolute atomic E-state index is 11.0. The van der Waals surface area contributed by atoms with E-state index in [-0.39, 0.29) is 10.6 Å². The Balaban J connectivity index is 2.23. The first-order valence-electron chi connectivity index (χ1n) is 7.03. The van der Waals surface area contributed by atoms with Crippen LogP contribution in [0.1, 0.15) is 33.1 Å². The Labute approximate surface area is 119 Å². The molecular formula is C14H22N4O2. The molecule has 1 aromatic carbocycles. The minimum atomic E-state index is -0.366. The van der Waals surface area contributed by atoms with E-state index in [1.54, 1.807) is 13.1 Å². The first kappa shape index (κ1) is 14.6. The third-order valence-electron chi connectivity index (χ3n) is 3.87. The molecule has 0 radical (unpaired) electrons. The predicted octanol–water partition coefficient (Wildman–Crippen LogP) is 3.23. The second kappa shape index (κ2) is 6.09. The molecular weight excluding hydrogens is 256 g/mol. The normalized spacial score (nSPS) is 23.4. The van der Waals surface area contributed by atoms with Gasteiger partial charge < -0.3 is 10.7 Å². The van der Waals surface area contributed by atoms with Crippen LogP contribution in [0.3, 0.4) is 0 Å². The van der Waals surface area contributed by atoms with E-state index in [1.807, 2.05) is 6.07 Å². The van der Waals surface area contributed by atoms with E-state index in [9.17, 15) is 10.1 Å². The molecule has 1 saturated heterocycles. The monoisotopic (exact) mass is 278 g/mol. The van der Waals surface area contributed by atoms with E-state index < -0.39 is 0 Å². The van der Waals surface area contributed by atoms with Crippen molar-refractivity contribution in [2.75, 3.05) is 17.8 Å². The van der Waals surface area contributed by atoms with Crippen LogP contribution in [0.4, 0.5) is 17.1 Å². The van der Waals surface area contributed by atoms with Gasteiger partial charge in [-0.1, -0.05) is 6.42 Å². The Hall–Kier alpha value is -1.82. The standard InChI is InChI=1S/C14H22N4O2/c1-10-5-4-6-11(2)17(10)16-13-7-12(15-3)8-14(9-13)18(19)20/h7-11,15-16H,4-6H2,1-3H3. The van der Waals surface area contributed by atoms with Gasteiger partial charge in [-0.2, -0.15) is 0 Å². The molecule has 0 bridgehead atoms. The molecule has 0 spiro atoms. The van der Waals surface area contributed by atoms with Gasteiger partial charge in [0.15, 0.2) is 0 Å². The van der Waals surface area contributed by atoms with Crippen molar-refractivity contribution in [3.63, 3.8) is 0 Å². The number of non-ortho nitro benzene ring substituents is 1. The zero-order valence-electron chi connectivity index (χ0n) is 12.2. The quantitative estimate of drug-likeness (QED) is 0.653. The number of benzene rings is 1. The summed E-state index contributed by atoms with van der Waals surface area (Å²) in [7, 11) is 1.76. The van der Waals surface area contributed by atoms with Crippen LogP contribution in [0.5, 0.6) is 0 Å². The highest BCUT2D eigenvalue weighted by Gasteiger charge is 2.25. The van der Waals surface area contributed by atoms with Gasteiger partial charge in [0, 0.05) is 37.0 Å². The van der Waals surface area contributed by atoms with Crippen LogP contribution >= 0.6 is 0 Å². The SMILES string of the molecule is CNc1cc(NN2C(C)CCCC2C)cc([N+](=O)[O-])c1. The fourth-order valence-electron chi connectivity index (χ4n) is 2.72. The Morgan fingerprint density at radius 3 is 2.35 bits per heavy atom. The van der Waals surface area contributed by atoms with Gasteiger partial charge in [-0.3, -0.25) is 10.1 Å². The van der Waals surface area contributed by atoms with Gasteiger partial charge in [-0.05, 0) is 32.8 Å². The molecule has 0 aromatic heterocycles. The molecule has 1 aromatic rings. The van der Waals surface area contributed by atoms with Gasteiger partial charge in [-0.15, -0.1) is 0 Å². The second-order valence-electron chi connectivity index (χ2n) is 5.42. The highest BCUT2D eigenvalue weighted by atomic mass is 16.6. The van der Waals surface area contributed by atoms with Crippen LogP contribution < -0.4 is 10.7 Å². The minimum Gasteiger partial charge on any atom is -0.388 e. The summed E-state index contributed by atoms with van der Waals surface area (Å²) in [5.41, 5.74) is 4.92. The lowest BCUT2D eigenvalue weighted by atomic mass is 10.00. The number of hydrogen-bond acceptors (Lipinski definition) is 5. The van der Waals surface area contributed by atoms with Gasteiger partial charge in [-0.25, -0.2) is 5.01 Å². The summed E-state index contributed by atoms with van der Waals surface area (Å²) in [6, 6.07) is 5.86. The third kappa shape index (κ3) is 3.19. The number of hydrogen-bond donors (Lipinski definition) is 2. The van der Waals surface area contributed by atoms with Crippen LogP contribution in [0.2, 0.25) is 0 Å². The zero-order chi connectivity index (χ0) is 14.7. The number of anilines is 2. The lowest BCUT2D eigenvalue weighted by Gasteiger charge is -2.39. The summed E-state index contributed by atoms with van der Waals surface area (Å²) in [5.74, 6) is 0. The number of nitro groups is 1. The van der Waals surface area contributed by atoms with Crippen molar-refractivity contribution in [1.82, 2.24) is 5.01 Å². The maximum Gasteiger partial charge on any atom is 0.273 e. The molecule has 0 amide bonds. The third-order valence-corrected chi connectivity index (χ3v) is 3.87. The summed E-state index contributed by atoms with van der Waals surface area (Å²) >= 11 is 0. The predicted molar refractivity (Wildman–Crippen MR) is 80.9 cm³/mol. The molecule has 2 N–H and O–H groups in total. The summed E-state index contributed by atoms with van der Waals surface area (Å²) in [6.07, 6.45) is 3.52. The molecule has 20 heavy (non-hydrogen) atoms. The molecule has 1 aliphatic heterocycles.